The number of methoxy groups -OCH3 is 1. The summed E-state index contributed by atoms with van der Waals surface area (Å²) >= 11 is 0. The quantitative estimate of drug-likeness (QED) is 0.928. The van der Waals surface area contributed by atoms with Crippen LogP contribution in [0.4, 0.5) is 0 Å². The highest BCUT2D eigenvalue weighted by Crippen LogP contribution is 2.33. The van der Waals surface area contributed by atoms with Gasteiger partial charge in [0, 0.05) is 12.0 Å². The molecule has 0 bridgehead atoms. The molecule has 2 aromatic rings. The van der Waals surface area contributed by atoms with Crippen LogP contribution in [0.3, 0.4) is 0 Å². The number of fused-ring (bicyclic) bond motifs is 1. The minimum atomic E-state index is -0.931. The number of benzene rings is 2. The lowest BCUT2D eigenvalue weighted by atomic mass is 9.87. The van der Waals surface area contributed by atoms with Crippen molar-refractivity contribution in [1.29, 1.82) is 0 Å². The zero-order chi connectivity index (χ0) is 14.9. The SMILES string of the molecule is COc1ccccc1C(C)(O)Cc1ccc2c(c1)CCC2. The molecule has 1 unspecified atom stereocenters. The van der Waals surface area contributed by atoms with Crippen molar-refractivity contribution in [2.45, 2.75) is 38.2 Å². The number of aliphatic hydroxyl groups is 1. The zero-order valence-electron chi connectivity index (χ0n) is 12.7. The van der Waals surface area contributed by atoms with Gasteiger partial charge in [-0.15, -0.1) is 0 Å². The minimum Gasteiger partial charge on any atom is -0.496 e. The van der Waals surface area contributed by atoms with Crippen LogP contribution in [0, 0.1) is 0 Å². The van der Waals surface area contributed by atoms with Crippen molar-refractivity contribution >= 4 is 0 Å². The number of para-hydroxylation sites is 1. The van der Waals surface area contributed by atoms with E-state index in [1.54, 1.807) is 7.11 Å². The van der Waals surface area contributed by atoms with Crippen LogP contribution in [0.25, 0.3) is 0 Å². The van der Waals surface area contributed by atoms with E-state index in [2.05, 4.69) is 18.2 Å². The Labute approximate surface area is 126 Å². The van der Waals surface area contributed by atoms with Gasteiger partial charge < -0.3 is 9.84 Å². The highest BCUT2D eigenvalue weighted by Gasteiger charge is 2.27. The van der Waals surface area contributed by atoms with Gasteiger partial charge in [-0.1, -0.05) is 36.4 Å². The third-order valence-corrected chi connectivity index (χ3v) is 4.40. The van der Waals surface area contributed by atoms with Crippen LogP contribution in [0.15, 0.2) is 42.5 Å². The van der Waals surface area contributed by atoms with Gasteiger partial charge in [0.1, 0.15) is 5.75 Å². The summed E-state index contributed by atoms with van der Waals surface area (Å²) in [6, 6.07) is 14.3. The van der Waals surface area contributed by atoms with Crippen molar-refractivity contribution in [1.82, 2.24) is 0 Å². The van der Waals surface area contributed by atoms with Crippen molar-refractivity contribution < 1.29 is 9.84 Å². The Morgan fingerprint density at radius 3 is 2.67 bits per heavy atom. The van der Waals surface area contributed by atoms with Gasteiger partial charge in [0.25, 0.3) is 0 Å². The number of hydrogen-bond acceptors (Lipinski definition) is 2. The van der Waals surface area contributed by atoms with Crippen molar-refractivity contribution in [2.24, 2.45) is 0 Å². The summed E-state index contributed by atoms with van der Waals surface area (Å²) in [6.07, 6.45) is 4.21. The van der Waals surface area contributed by atoms with Gasteiger partial charge in [0.05, 0.1) is 12.7 Å². The van der Waals surface area contributed by atoms with Gasteiger partial charge in [-0.3, -0.25) is 0 Å². The molecule has 1 aliphatic rings. The summed E-state index contributed by atoms with van der Waals surface area (Å²) < 4.78 is 5.38. The molecule has 3 rings (SSSR count). The Hall–Kier alpha value is -1.80. The largest absolute Gasteiger partial charge is 0.496 e. The van der Waals surface area contributed by atoms with E-state index in [4.69, 9.17) is 4.74 Å². The van der Waals surface area contributed by atoms with Gasteiger partial charge in [0.2, 0.25) is 0 Å². The maximum Gasteiger partial charge on any atom is 0.124 e. The Bertz CT molecular complexity index is 644. The van der Waals surface area contributed by atoms with E-state index in [0.29, 0.717) is 6.42 Å². The fourth-order valence-corrected chi connectivity index (χ4v) is 3.32. The highest BCUT2D eigenvalue weighted by molar-refractivity contribution is 5.40. The molecular weight excluding hydrogens is 260 g/mol. The number of rotatable bonds is 4. The van der Waals surface area contributed by atoms with Crippen molar-refractivity contribution in [3.8, 4) is 5.75 Å². The first-order chi connectivity index (χ1) is 10.1. The van der Waals surface area contributed by atoms with Crippen LogP contribution in [0.5, 0.6) is 5.75 Å². The molecule has 0 saturated heterocycles. The summed E-state index contributed by atoms with van der Waals surface area (Å²) in [5.41, 5.74) is 4.01. The average Bonchev–Trinajstić information content (AvgIpc) is 2.94. The van der Waals surface area contributed by atoms with E-state index in [0.717, 1.165) is 11.3 Å². The van der Waals surface area contributed by atoms with Crippen LogP contribution in [0.2, 0.25) is 0 Å². The summed E-state index contributed by atoms with van der Waals surface area (Å²) in [5.74, 6) is 0.740. The second-order valence-corrected chi connectivity index (χ2v) is 6.11. The average molecular weight is 282 g/mol. The van der Waals surface area contributed by atoms with E-state index < -0.39 is 5.60 Å². The lowest BCUT2D eigenvalue weighted by Gasteiger charge is -2.26. The summed E-state index contributed by atoms with van der Waals surface area (Å²) in [4.78, 5) is 0. The Balaban J connectivity index is 1.89. The second-order valence-electron chi connectivity index (χ2n) is 6.11. The van der Waals surface area contributed by atoms with Gasteiger partial charge in [-0.2, -0.15) is 0 Å². The molecule has 0 amide bonds. The smallest absolute Gasteiger partial charge is 0.124 e. The second kappa shape index (κ2) is 5.53. The third kappa shape index (κ3) is 2.81. The molecule has 2 aromatic carbocycles. The highest BCUT2D eigenvalue weighted by atomic mass is 16.5. The third-order valence-electron chi connectivity index (χ3n) is 4.40. The Morgan fingerprint density at radius 2 is 1.86 bits per heavy atom. The van der Waals surface area contributed by atoms with E-state index >= 15 is 0 Å². The molecular formula is C19H22O2. The fourth-order valence-electron chi connectivity index (χ4n) is 3.32. The van der Waals surface area contributed by atoms with E-state index in [9.17, 15) is 5.11 Å². The molecule has 1 atom stereocenters. The van der Waals surface area contributed by atoms with E-state index in [1.165, 1.54) is 36.0 Å². The van der Waals surface area contributed by atoms with Crippen molar-refractivity contribution in [3.05, 3.63) is 64.7 Å². The molecule has 0 saturated carbocycles. The molecule has 0 aromatic heterocycles. The predicted molar refractivity (Wildman–Crippen MR) is 84.7 cm³/mol. The standard InChI is InChI=1S/C19H22O2/c1-19(20,17-8-3-4-9-18(17)21-2)13-14-10-11-15-6-5-7-16(15)12-14/h3-4,8-12,20H,5-7,13H2,1-2H3. The minimum absolute atomic E-state index is 0.598. The van der Waals surface area contributed by atoms with Crippen LogP contribution in [-0.4, -0.2) is 12.2 Å². The summed E-state index contributed by atoms with van der Waals surface area (Å²) in [7, 11) is 1.64. The van der Waals surface area contributed by atoms with Gasteiger partial charge in [-0.25, -0.2) is 0 Å². The molecule has 1 aliphatic carbocycles. The van der Waals surface area contributed by atoms with E-state index in [-0.39, 0.29) is 0 Å². The first-order valence-electron chi connectivity index (χ1n) is 7.57. The molecule has 0 aliphatic heterocycles. The molecule has 0 radical (unpaired) electrons. The lowest BCUT2D eigenvalue weighted by molar-refractivity contribution is 0.0549. The van der Waals surface area contributed by atoms with Gasteiger partial charge >= 0.3 is 0 Å². The summed E-state index contributed by atoms with van der Waals surface area (Å²) in [5, 5.41) is 10.9. The fraction of sp³-hybridized carbons (Fsp3) is 0.368. The molecule has 21 heavy (non-hydrogen) atoms. The van der Waals surface area contributed by atoms with Crippen LogP contribution in [-0.2, 0) is 24.9 Å². The first-order valence-corrected chi connectivity index (χ1v) is 7.57. The van der Waals surface area contributed by atoms with Crippen LogP contribution in [0.1, 0.15) is 35.6 Å². The zero-order valence-corrected chi connectivity index (χ0v) is 12.7. The molecule has 0 heterocycles. The molecule has 0 fully saturated rings. The predicted octanol–water partition coefficient (Wildman–Crippen LogP) is 3.63. The monoisotopic (exact) mass is 282 g/mol. The first kappa shape index (κ1) is 14.2. The molecule has 0 spiro atoms. The summed E-state index contributed by atoms with van der Waals surface area (Å²) in [6.45, 7) is 1.86. The maximum absolute atomic E-state index is 10.9. The molecule has 110 valence electrons. The Kier molecular flexibility index (Phi) is 3.73. The van der Waals surface area contributed by atoms with Crippen LogP contribution < -0.4 is 4.74 Å². The normalized spacial score (nSPS) is 16.3. The number of aryl methyl sites for hydroxylation is 2. The maximum atomic E-state index is 10.9. The van der Waals surface area contributed by atoms with E-state index in [1.807, 2.05) is 31.2 Å². The van der Waals surface area contributed by atoms with Crippen molar-refractivity contribution in [2.75, 3.05) is 7.11 Å². The number of ether oxygens (including phenoxy) is 1. The topological polar surface area (TPSA) is 29.5 Å². The molecule has 2 nitrogen and oxygen atoms in total. The Morgan fingerprint density at radius 1 is 1.10 bits per heavy atom. The van der Waals surface area contributed by atoms with Crippen LogP contribution >= 0.6 is 0 Å². The molecule has 2 heteroatoms. The number of hydrogen-bond donors (Lipinski definition) is 1. The molecule has 1 N–H and O–H groups in total. The van der Waals surface area contributed by atoms with Crippen molar-refractivity contribution in [3.63, 3.8) is 0 Å². The van der Waals surface area contributed by atoms with Gasteiger partial charge in [-0.05, 0) is 48.9 Å². The van der Waals surface area contributed by atoms with Gasteiger partial charge in [0.15, 0.2) is 0 Å². The lowest BCUT2D eigenvalue weighted by Crippen LogP contribution is -2.25.